The van der Waals surface area contributed by atoms with Crippen molar-refractivity contribution in [3.8, 4) is 0 Å². The molecule has 118 valence electrons. The van der Waals surface area contributed by atoms with Crippen molar-refractivity contribution in [2.75, 3.05) is 13.1 Å². The second kappa shape index (κ2) is 7.25. The van der Waals surface area contributed by atoms with Crippen LogP contribution in [0.15, 0.2) is 47.7 Å². The highest BCUT2D eigenvalue weighted by Crippen LogP contribution is 2.41. The molecule has 0 aromatic heterocycles. The molecule has 1 aliphatic heterocycles. The zero-order valence-corrected chi connectivity index (χ0v) is 13.5. The molecule has 1 saturated heterocycles. The fourth-order valence-electron chi connectivity index (χ4n) is 3.06. The van der Waals surface area contributed by atoms with Gasteiger partial charge in [-0.1, -0.05) is 44.2 Å². The third kappa shape index (κ3) is 3.06. The van der Waals surface area contributed by atoms with Gasteiger partial charge in [0, 0.05) is 23.7 Å². The molecule has 2 amide bonds. The maximum atomic E-state index is 12.5. The quantitative estimate of drug-likeness (QED) is 0.871. The Morgan fingerprint density at radius 1 is 1.27 bits per heavy atom. The Kier molecular flexibility index (Phi) is 5.36. The predicted molar refractivity (Wildman–Crippen MR) is 87.8 cm³/mol. The summed E-state index contributed by atoms with van der Waals surface area (Å²) in [4.78, 5) is 25.9. The number of carbonyl (C=O) groups is 2. The molecule has 0 aromatic carbocycles. The summed E-state index contributed by atoms with van der Waals surface area (Å²) in [6.45, 7) is 6.56. The Bertz CT molecular complexity index is 570. The van der Waals surface area contributed by atoms with Gasteiger partial charge < -0.3 is 10.2 Å². The number of hydrogen-bond acceptors (Lipinski definition) is 2. The average Bonchev–Trinajstić information content (AvgIpc) is 2.77. The predicted octanol–water partition coefficient (Wildman–Crippen LogP) is 2.56. The van der Waals surface area contributed by atoms with E-state index in [1.165, 1.54) is 0 Å². The van der Waals surface area contributed by atoms with Gasteiger partial charge in [0.2, 0.25) is 5.91 Å². The monoisotopic (exact) mass is 300 g/mol. The van der Waals surface area contributed by atoms with Crippen molar-refractivity contribution in [1.29, 1.82) is 0 Å². The number of likely N-dealkylation sites (N-methyl/N-ethyl adjacent to an activating group) is 1. The molecule has 4 heteroatoms. The lowest BCUT2D eigenvalue weighted by atomic mass is 9.91. The minimum Gasteiger partial charge on any atom is -0.355 e. The van der Waals surface area contributed by atoms with Gasteiger partial charge in [0.15, 0.2) is 0 Å². The van der Waals surface area contributed by atoms with E-state index >= 15 is 0 Å². The van der Waals surface area contributed by atoms with Crippen LogP contribution in [0.2, 0.25) is 0 Å². The van der Waals surface area contributed by atoms with Gasteiger partial charge in [0.25, 0.3) is 5.91 Å². The van der Waals surface area contributed by atoms with Gasteiger partial charge in [-0.15, -0.1) is 0 Å². The van der Waals surface area contributed by atoms with Crippen LogP contribution in [-0.2, 0) is 9.59 Å². The summed E-state index contributed by atoms with van der Waals surface area (Å²) in [6, 6.07) is 0. The van der Waals surface area contributed by atoms with Crippen LogP contribution in [0.5, 0.6) is 0 Å². The molecule has 3 aliphatic rings. The van der Waals surface area contributed by atoms with Crippen molar-refractivity contribution in [2.24, 2.45) is 11.8 Å². The fraction of sp³-hybridized carbons (Fsp3) is 0.444. The summed E-state index contributed by atoms with van der Waals surface area (Å²) >= 11 is 0. The highest BCUT2D eigenvalue weighted by atomic mass is 16.2. The van der Waals surface area contributed by atoms with Crippen LogP contribution in [0.1, 0.15) is 27.2 Å². The minimum atomic E-state index is -0.112. The third-order valence-corrected chi connectivity index (χ3v) is 3.98. The van der Waals surface area contributed by atoms with Gasteiger partial charge in [0.05, 0.1) is 0 Å². The number of nitrogens with zero attached hydrogens (tertiary/aromatic N) is 1. The van der Waals surface area contributed by atoms with Crippen LogP contribution in [0.3, 0.4) is 0 Å². The highest BCUT2D eigenvalue weighted by molar-refractivity contribution is 6.01. The SMILES string of the molecule is CC.CCNC(=O)CN1C(=O)C2=CC=CC3C=CC=C1C2C3. The molecule has 0 radical (unpaired) electrons. The molecule has 1 fully saturated rings. The first kappa shape index (κ1) is 16.3. The van der Waals surface area contributed by atoms with E-state index < -0.39 is 0 Å². The van der Waals surface area contributed by atoms with Crippen molar-refractivity contribution in [3.05, 3.63) is 47.7 Å². The lowest BCUT2D eigenvalue weighted by molar-refractivity contribution is -0.130. The molecule has 1 N–H and O–H groups in total. The van der Waals surface area contributed by atoms with Crippen LogP contribution < -0.4 is 5.32 Å². The lowest BCUT2D eigenvalue weighted by Gasteiger charge is -2.19. The maximum absolute atomic E-state index is 12.5. The summed E-state index contributed by atoms with van der Waals surface area (Å²) in [5.74, 6) is 0.332. The molecular weight excluding hydrogens is 276 g/mol. The maximum Gasteiger partial charge on any atom is 0.255 e. The normalized spacial score (nSPS) is 24.7. The zero-order chi connectivity index (χ0) is 16.1. The van der Waals surface area contributed by atoms with E-state index in [1.54, 1.807) is 4.90 Å². The first-order chi connectivity index (χ1) is 10.7. The molecule has 0 aromatic rings. The smallest absolute Gasteiger partial charge is 0.255 e. The van der Waals surface area contributed by atoms with Gasteiger partial charge in [-0.05, 0) is 25.3 Å². The Labute approximate surface area is 132 Å². The molecule has 22 heavy (non-hydrogen) atoms. The second-order valence-corrected chi connectivity index (χ2v) is 5.28. The second-order valence-electron chi connectivity index (χ2n) is 5.28. The van der Waals surface area contributed by atoms with Crippen molar-refractivity contribution >= 4 is 11.8 Å². The molecule has 1 heterocycles. The number of hydrogen-bond donors (Lipinski definition) is 1. The summed E-state index contributed by atoms with van der Waals surface area (Å²) in [6.07, 6.45) is 13.0. The van der Waals surface area contributed by atoms with E-state index in [-0.39, 0.29) is 24.3 Å². The summed E-state index contributed by atoms with van der Waals surface area (Å²) in [5.41, 5.74) is 1.76. The molecule has 3 rings (SSSR count). The largest absolute Gasteiger partial charge is 0.355 e. The van der Waals surface area contributed by atoms with Crippen LogP contribution in [0, 0.1) is 11.8 Å². The average molecular weight is 300 g/mol. The third-order valence-electron chi connectivity index (χ3n) is 3.98. The number of rotatable bonds is 3. The standard InChI is InChI=1S/C16H18N2O2.C2H6/c1-2-17-15(19)10-18-14-8-4-6-11-5-3-7-12(16(18)20)13(14)9-11;1-2/h3-8,11,13H,2,9-10H2,1H3,(H,17,19);1-2H3. The number of amides is 2. The van der Waals surface area contributed by atoms with Gasteiger partial charge in [0.1, 0.15) is 6.54 Å². The molecule has 0 spiro atoms. The Balaban J connectivity index is 0.000000847. The fourth-order valence-corrected chi connectivity index (χ4v) is 3.06. The lowest BCUT2D eigenvalue weighted by Crippen LogP contribution is -2.37. The molecule has 4 nitrogen and oxygen atoms in total. The number of likely N-dealkylation sites (tertiary alicyclic amines) is 1. The van der Waals surface area contributed by atoms with Crippen molar-refractivity contribution in [1.82, 2.24) is 10.2 Å². The Morgan fingerprint density at radius 2 is 1.95 bits per heavy atom. The van der Waals surface area contributed by atoms with E-state index in [1.807, 2.05) is 45.1 Å². The Hall–Kier alpha value is -2.10. The van der Waals surface area contributed by atoms with Crippen molar-refractivity contribution in [3.63, 3.8) is 0 Å². The van der Waals surface area contributed by atoms with Gasteiger partial charge in [-0.3, -0.25) is 9.59 Å². The molecule has 2 atom stereocenters. The minimum absolute atomic E-state index is 0.0342. The first-order valence-electron chi connectivity index (χ1n) is 8.06. The summed E-state index contributed by atoms with van der Waals surface area (Å²) in [7, 11) is 0. The van der Waals surface area contributed by atoms with E-state index in [4.69, 9.17) is 0 Å². The Morgan fingerprint density at radius 3 is 2.64 bits per heavy atom. The van der Waals surface area contributed by atoms with Crippen LogP contribution in [-0.4, -0.2) is 29.8 Å². The van der Waals surface area contributed by atoms with E-state index in [0.717, 1.165) is 17.7 Å². The molecule has 2 bridgehead atoms. The summed E-state index contributed by atoms with van der Waals surface area (Å²) < 4.78 is 0. The van der Waals surface area contributed by atoms with Crippen LogP contribution in [0.25, 0.3) is 0 Å². The van der Waals surface area contributed by atoms with E-state index in [9.17, 15) is 9.59 Å². The highest BCUT2D eigenvalue weighted by Gasteiger charge is 2.41. The number of nitrogens with one attached hydrogen (secondary N) is 1. The van der Waals surface area contributed by atoms with Gasteiger partial charge in [-0.2, -0.15) is 0 Å². The topological polar surface area (TPSA) is 49.4 Å². The molecule has 0 saturated carbocycles. The van der Waals surface area contributed by atoms with Crippen LogP contribution in [0.4, 0.5) is 0 Å². The first-order valence-corrected chi connectivity index (χ1v) is 8.06. The number of carbonyl (C=O) groups excluding carboxylic acids is 2. The zero-order valence-electron chi connectivity index (χ0n) is 13.5. The van der Waals surface area contributed by atoms with E-state index in [2.05, 4.69) is 17.5 Å². The number of fused-ring (bicyclic) bond motifs is 1. The van der Waals surface area contributed by atoms with Gasteiger partial charge >= 0.3 is 0 Å². The number of allylic oxidation sites excluding steroid dienone is 7. The molecule has 2 aliphatic carbocycles. The van der Waals surface area contributed by atoms with Crippen molar-refractivity contribution < 1.29 is 9.59 Å². The summed E-state index contributed by atoms with van der Waals surface area (Å²) in [5, 5.41) is 2.75. The van der Waals surface area contributed by atoms with Crippen molar-refractivity contribution in [2.45, 2.75) is 27.2 Å². The van der Waals surface area contributed by atoms with E-state index in [0.29, 0.717) is 12.5 Å². The molecule has 2 unspecified atom stereocenters. The van der Waals surface area contributed by atoms with Gasteiger partial charge in [-0.25, -0.2) is 0 Å². The molecular formula is C18H24N2O2. The van der Waals surface area contributed by atoms with Crippen LogP contribution >= 0.6 is 0 Å².